The number of aromatic nitrogens is 2. The van der Waals surface area contributed by atoms with Crippen molar-refractivity contribution in [3.05, 3.63) is 58.4 Å². The minimum Gasteiger partial charge on any atom is -0.598 e. The standard InChI is InChI=1S/C23H27ClN4O3S/c1-15-22(21(30)14-27-9-6-19(29)7-10-27)23-20(12-16(13-26-23)8-11-32(25)31)28(15)18-4-2-17(24)3-5-18/h2-5,12-13,19,29H,6-11,14,25H2,1H3. The summed E-state index contributed by atoms with van der Waals surface area (Å²) in [7, 11) is 0. The molecule has 1 saturated heterocycles. The van der Waals surface area contributed by atoms with Crippen LogP contribution in [0.5, 0.6) is 0 Å². The number of carbonyl (C=O) groups excluding carboxylic acids is 1. The number of aliphatic hydroxyl groups is 1. The van der Waals surface area contributed by atoms with Crippen LogP contribution in [0.4, 0.5) is 0 Å². The Morgan fingerprint density at radius 2 is 2.00 bits per heavy atom. The van der Waals surface area contributed by atoms with Gasteiger partial charge < -0.3 is 14.2 Å². The van der Waals surface area contributed by atoms with Crippen LogP contribution in [0.2, 0.25) is 5.02 Å². The minimum absolute atomic E-state index is 0.0138. The normalized spacial score (nSPS) is 16.5. The summed E-state index contributed by atoms with van der Waals surface area (Å²) in [4.78, 5) is 20.1. The number of Topliss-reactive ketones (excluding diaryl/α,β-unsaturated/α-hetero) is 1. The second-order valence-corrected chi connectivity index (χ2v) is 9.86. The molecule has 3 heterocycles. The van der Waals surface area contributed by atoms with Crippen LogP contribution in [0.15, 0.2) is 36.5 Å². The molecule has 9 heteroatoms. The summed E-state index contributed by atoms with van der Waals surface area (Å²) in [6.45, 7) is 3.63. The quantitative estimate of drug-likeness (QED) is 0.402. The molecule has 4 rings (SSSR count). The molecule has 2 aromatic heterocycles. The zero-order chi connectivity index (χ0) is 22.8. The number of aliphatic hydroxyl groups excluding tert-OH is 1. The first-order valence-corrected chi connectivity index (χ1v) is 12.4. The highest BCUT2D eigenvalue weighted by Gasteiger charge is 2.25. The fourth-order valence-electron chi connectivity index (χ4n) is 4.29. The van der Waals surface area contributed by atoms with E-state index in [2.05, 4.69) is 9.88 Å². The Kier molecular flexibility index (Phi) is 7.19. The molecule has 170 valence electrons. The zero-order valence-electron chi connectivity index (χ0n) is 18.0. The number of rotatable bonds is 7. The Labute approximate surface area is 195 Å². The molecule has 1 atom stereocenters. The Morgan fingerprint density at radius 1 is 1.31 bits per heavy atom. The summed E-state index contributed by atoms with van der Waals surface area (Å²) < 4.78 is 13.4. The van der Waals surface area contributed by atoms with E-state index in [1.165, 1.54) is 0 Å². The molecule has 1 aliphatic rings. The van der Waals surface area contributed by atoms with Crippen molar-refractivity contribution in [3.8, 4) is 5.69 Å². The third-order valence-corrected chi connectivity index (χ3v) is 6.84. The second-order valence-electron chi connectivity index (χ2n) is 8.25. The van der Waals surface area contributed by atoms with E-state index in [1.807, 2.05) is 41.8 Å². The number of pyridine rings is 1. The van der Waals surface area contributed by atoms with E-state index in [4.69, 9.17) is 16.7 Å². The molecule has 3 aromatic rings. The number of aryl methyl sites for hydroxylation is 1. The van der Waals surface area contributed by atoms with Gasteiger partial charge in [-0.25, -0.2) is 0 Å². The lowest BCUT2D eigenvalue weighted by Gasteiger charge is -2.28. The number of piperidine rings is 1. The van der Waals surface area contributed by atoms with Gasteiger partial charge in [0.05, 0.1) is 29.2 Å². The van der Waals surface area contributed by atoms with Gasteiger partial charge in [-0.15, -0.1) is 0 Å². The Morgan fingerprint density at radius 3 is 2.66 bits per heavy atom. The number of likely N-dealkylation sites (tertiary alicyclic amines) is 1. The number of halogens is 1. The molecule has 0 bridgehead atoms. The van der Waals surface area contributed by atoms with Crippen LogP contribution in [0, 0.1) is 6.92 Å². The summed E-state index contributed by atoms with van der Waals surface area (Å²) >= 11 is 4.70. The molecule has 0 aliphatic carbocycles. The second kappa shape index (κ2) is 9.91. The van der Waals surface area contributed by atoms with Crippen LogP contribution in [-0.4, -0.2) is 61.4 Å². The third-order valence-electron chi connectivity index (χ3n) is 5.98. The lowest BCUT2D eigenvalue weighted by Crippen LogP contribution is -2.39. The van der Waals surface area contributed by atoms with Gasteiger partial charge >= 0.3 is 0 Å². The average Bonchev–Trinajstić information content (AvgIpc) is 3.05. The van der Waals surface area contributed by atoms with Crippen molar-refractivity contribution in [2.45, 2.75) is 32.3 Å². The molecule has 1 aromatic carbocycles. The Balaban J connectivity index is 1.75. The lowest BCUT2D eigenvalue weighted by molar-refractivity contribution is 0.0711. The molecule has 32 heavy (non-hydrogen) atoms. The number of ketones is 1. The molecule has 0 amide bonds. The predicted octanol–water partition coefficient (Wildman–Crippen LogP) is 2.79. The summed E-state index contributed by atoms with van der Waals surface area (Å²) in [5, 5.41) is 15.8. The summed E-state index contributed by atoms with van der Waals surface area (Å²) in [5.74, 6) is 0.361. The summed E-state index contributed by atoms with van der Waals surface area (Å²) in [5.41, 5.74) is 4.69. The van der Waals surface area contributed by atoms with Gasteiger partial charge in [-0.1, -0.05) is 11.6 Å². The fraction of sp³-hybridized carbons (Fsp3) is 0.391. The molecular formula is C23H27ClN4O3S. The number of nitrogens with zero attached hydrogens (tertiary/aromatic N) is 3. The number of fused-ring (bicyclic) bond motifs is 1. The van der Waals surface area contributed by atoms with Crippen molar-refractivity contribution < 1.29 is 14.5 Å². The van der Waals surface area contributed by atoms with Crippen LogP contribution >= 0.6 is 11.6 Å². The van der Waals surface area contributed by atoms with Gasteiger partial charge in [0.15, 0.2) is 5.78 Å². The molecule has 1 unspecified atom stereocenters. The Hall–Kier alpha value is -1.94. The first-order valence-electron chi connectivity index (χ1n) is 10.7. The van der Waals surface area contributed by atoms with Crippen molar-refractivity contribution in [2.75, 3.05) is 25.4 Å². The minimum atomic E-state index is -1.38. The van der Waals surface area contributed by atoms with E-state index in [0.717, 1.165) is 22.5 Å². The number of benzene rings is 1. The van der Waals surface area contributed by atoms with Crippen LogP contribution in [-0.2, 0) is 17.8 Å². The van der Waals surface area contributed by atoms with Crippen LogP contribution in [0.25, 0.3) is 16.7 Å². The maximum Gasteiger partial charge on any atom is 0.180 e. The molecule has 3 N–H and O–H groups in total. The maximum atomic E-state index is 13.4. The van der Waals surface area contributed by atoms with Gasteiger partial charge in [0.2, 0.25) is 0 Å². The molecule has 0 saturated carbocycles. The highest BCUT2D eigenvalue weighted by molar-refractivity contribution is 7.89. The lowest BCUT2D eigenvalue weighted by atomic mass is 10.1. The first kappa shape index (κ1) is 23.2. The topological polar surface area (TPSA) is 107 Å². The first-order chi connectivity index (χ1) is 15.3. The molecular weight excluding hydrogens is 448 g/mol. The van der Waals surface area contributed by atoms with Crippen molar-refractivity contribution >= 4 is 39.8 Å². The van der Waals surface area contributed by atoms with Crippen molar-refractivity contribution in [1.82, 2.24) is 14.5 Å². The van der Waals surface area contributed by atoms with Gasteiger partial charge in [0.25, 0.3) is 0 Å². The molecule has 1 fully saturated rings. The van der Waals surface area contributed by atoms with Gasteiger partial charge in [-0.3, -0.25) is 14.7 Å². The highest BCUT2D eigenvalue weighted by Crippen LogP contribution is 2.30. The van der Waals surface area contributed by atoms with Crippen LogP contribution in [0.1, 0.15) is 34.5 Å². The smallest absolute Gasteiger partial charge is 0.180 e. The third kappa shape index (κ3) is 5.01. The number of nitrogens with two attached hydrogens (primary N) is 1. The van der Waals surface area contributed by atoms with Crippen molar-refractivity contribution in [2.24, 2.45) is 5.14 Å². The molecule has 7 nitrogen and oxygen atoms in total. The van der Waals surface area contributed by atoms with E-state index in [1.54, 1.807) is 6.20 Å². The van der Waals surface area contributed by atoms with E-state index in [0.29, 0.717) is 60.8 Å². The van der Waals surface area contributed by atoms with Gasteiger partial charge in [0.1, 0.15) is 5.75 Å². The number of hydrogen-bond donors (Lipinski definition) is 2. The monoisotopic (exact) mass is 474 g/mol. The van der Waals surface area contributed by atoms with Gasteiger partial charge in [-0.05, 0) is 55.7 Å². The zero-order valence-corrected chi connectivity index (χ0v) is 19.5. The van der Waals surface area contributed by atoms with Crippen molar-refractivity contribution in [1.29, 1.82) is 0 Å². The predicted molar refractivity (Wildman–Crippen MR) is 128 cm³/mol. The largest absolute Gasteiger partial charge is 0.598 e. The van der Waals surface area contributed by atoms with E-state index in [-0.39, 0.29) is 11.9 Å². The SMILES string of the molecule is Cc1c(C(=O)CN2CCC(O)CC2)c2ncc(CC[S+](N)[O-])cc2n1-c1ccc(Cl)cc1. The number of hydrogen-bond acceptors (Lipinski definition) is 6. The van der Waals surface area contributed by atoms with E-state index < -0.39 is 11.4 Å². The van der Waals surface area contributed by atoms with Gasteiger partial charge in [0, 0.05) is 53.5 Å². The molecule has 1 aliphatic heterocycles. The number of carbonyl (C=O) groups is 1. The summed E-state index contributed by atoms with van der Waals surface area (Å²) in [6.07, 6.45) is 3.36. The maximum absolute atomic E-state index is 13.4. The van der Waals surface area contributed by atoms with Crippen LogP contribution < -0.4 is 5.14 Å². The highest BCUT2D eigenvalue weighted by atomic mass is 35.5. The Bertz CT molecular complexity index is 1110. The molecule has 0 spiro atoms. The molecule has 0 radical (unpaired) electrons. The average molecular weight is 475 g/mol. The van der Waals surface area contributed by atoms with E-state index >= 15 is 0 Å². The van der Waals surface area contributed by atoms with E-state index in [9.17, 15) is 14.5 Å². The van der Waals surface area contributed by atoms with Crippen LogP contribution in [0.3, 0.4) is 0 Å². The van der Waals surface area contributed by atoms with Gasteiger partial charge in [-0.2, -0.15) is 5.14 Å². The summed E-state index contributed by atoms with van der Waals surface area (Å²) in [6, 6.07) is 9.45. The van der Waals surface area contributed by atoms with Crippen molar-refractivity contribution in [3.63, 3.8) is 0 Å². The fourth-order valence-corrected chi connectivity index (χ4v) is 4.86.